The summed E-state index contributed by atoms with van der Waals surface area (Å²) in [4.78, 5) is 28.5. The molecule has 1 heterocycles. The standard InChI is InChI=1S/C25H28N2O4/c1-5-16-31-20-12-10-18(11-13-20)22-21(23(28)19-8-6-17(2)7-9-19)24(29)25(30)27(22)15-14-26(3)4/h5-13,22,28H,1,14-16H2,2-4H3. The van der Waals surface area contributed by atoms with E-state index in [1.807, 2.05) is 33.2 Å². The number of hydrogen-bond donors (Lipinski definition) is 1. The van der Waals surface area contributed by atoms with Gasteiger partial charge in [0.05, 0.1) is 33.2 Å². The Kier molecular flexibility index (Phi) is 6.92. The molecule has 1 amide bonds. The van der Waals surface area contributed by atoms with Gasteiger partial charge in [-0.05, 0) is 30.2 Å². The van der Waals surface area contributed by atoms with Gasteiger partial charge in [-0.25, -0.2) is 0 Å². The summed E-state index contributed by atoms with van der Waals surface area (Å²) in [5.41, 5.74) is 2.12. The number of carbonyl (C=O) groups excluding carboxylic acids is 2. The predicted octanol–water partition coefficient (Wildman–Crippen LogP) is 0.928. The molecule has 6 heteroatoms. The number of likely N-dealkylation sites (N-methyl/N-ethyl adjacent to an activating group) is 1. The molecule has 6 nitrogen and oxygen atoms in total. The maximum atomic E-state index is 13.3. The van der Waals surface area contributed by atoms with Crippen LogP contribution in [-0.2, 0) is 9.59 Å². The summed E-state index contributed by atoms with van der Waals surface area (Å²) in [5, 5.41) is 13.3. The SMILES string of the molecule is C=CCOc1ccc(C2C(=C([O-])c3ccc(C)cc3)C(=O)C(=O)N2CC[NH+](C)C)cc1. The minimum Gasteiger partial charge on any atom is -0.872 e. The van der Waals surface area contributed by atoms with Gasteiger partial charge >= 0.3 is 0 Å². The van der Waals surface area contributed by atoms with E-state index in [1.54, 1.807) is 42.5 Å². The third-order valence-electron chi connectivity index (χ3n) is 5.26. The fraction of sp³-hybridized carbons (Fsp3) is 0.280. The van der Waals surface area contributed by atoms with E-state index in [-0.39, 0.29) is 5.57 Å². The Labute approximate surface area is 183 Å². The molecule has 1 aliphatic rings. The topological polar surface area (TPSA) is 74.1 Å². The van der Waals surface area contributed by atoms with Crippen molar-refractivity contribution in [2.45, 2.75) is 13.0 Å². The Morgan fingerprint density at radius 1 is 1.13 bits per heavy atom. The van der Waals surface area contributed by atoms with Crippen molar-refractivity contribution >= 4 is 17.4 Å². The van der Waals surface area contributed by atoms with Gasteiger partial charge in [0.1, 0.15) is 12.4 Å². The highest BCUT2D eigenvalue weighted by Crippen LogP contribution is 2.38. The van der Waals surface area contributed by atoms with Gasteiger partial charge in [0.2, 0.25) is 5.78 Å². The zero-order chi connectivity index (χ0) is 22.5. The second kappa shape index (κ2) is 9.62. The third kappa shape index (κ3) is 4.86. The summed E-state index contributed by atoms with van der Waals surface area (Å²) < 4.78 is 5.53. The molecular weight excluding hydrogens is 392 g/mol. The molecule has 0 aromatic heterocycles. The number of aryl methyl sites for hydroxylation is 1. The maximum Gasteiger partial charge on any atom is 0.295 e. The van der Waals surface area contributed by atoms with Crippen LogP contribution in [-0.4, -0.2) is 50.4 Å². The van der Waals surface area contributed by atoms with Gasteiger partial charge in [0.25, 0.3) is 5.91 Å². The largest absolute Gasteiger partial charge is 0.872 e. The highest BCUT2D eigenvalue weighted by molar-refractivity contribution is 6.46. The molecule has 2 aromatic carbocycles. The number of nitrogens with zero attached hydrogens (tertiary/aromatic N) is 1. The lowest BCUT2D eigenvalue weighted by molar-refractivity contribution is -0.857. The van der Waals surface area contributed by atoms with Crippen molar-refractivity contribution in [3.8, 4) is 5.75 Å². The number of quaternary nitrogens is 1. The van der Waals surface area contributed by atoms with Gasteiger partial charge in [-0.1, -0.05) is 60.4 Å². The monoisotopic (exact) mass is 420 g/mol. The molecular formula is C25H28N2O4. The molecule has 1 N–H and O–H groups in total. The Morgan fingerprint density at radius 2 is 1.77 bits per heavy atom. The zero-order valence-electron chi connectivity index (χ0n) is 18.2. The minimum absolute atomic E-state index is 0.00219. The molecule has 1 saturated heterocycles. The number of hydrogen-bond acceptors (Lipinski definition) is 4. The Balaban J connectivity index is 2.07. The van der Waals surface area contributed by atoms with Crippen LogP contribution in [0.3, 0.4) is 0 Å². The van der Waals surface area contributed by atoms with Crippen molar-refractivity contribution in [1.82, 2.24) is 4.90 Å². The van der Waals surface area contributed by atoms with E-state index in [0.29, 0.717) is 36.6 Å². The molecule has 0 saturated carbocycles. The highest BCUT2D eigenvalue weighted by atomic mass is 16.5. The molecule has 0 radical (unpaired) electrons. The zero-order valence-corrected chi connectivity index (χ0v) is 18.2. The number of nitrogens with one attached hydrogen (secondary N) is 1. The van der Waals surface area contributed by atoms with Crippen molar-refractivity contribution in [2.75, 3.05) is 33.8 Å². The van der Waals surface area contributed by atoms with Gasteiger partial charge in [0, 0.05) is 5.57 Å². The number of ketones is 1. The highest BCUT2D eigenvalue weighted by Gasteiger charge is 2.44. The molecule has 3 rings (SSSR count). The van der Waals surface area contributed by atoms with E-state index >= 15 is 0 Å². The van der Waals surface area contributed by atoms with E-state index in [4.69, 9.17) is 4.74 Å². The first-order valence-corrected chi connectivity index (χ1v) is 10.3. The van der Waals surface area contributed by atoms with Crippen molar-refractivity contribution in [3.63, 3.8) is 0 Å². The second-order valence-corrected chi connectivity index (χ2v) is 7.96. The molecule has 31 heavy (non-hydrogen) atoms. The molecule has 2 aromatic rings. The fourth-order valence-electron chi connectivity index (χ4n) is 3.55. The van der Waals surface area contributed by atoms with Gasteiger partial charge < -0.3 is 19.6 Å². The van der Waals surface area contributed by atoms with E-state index in [9.17, 15) is 14.7 Å². The normalized spacial score (nSPS) is 17.9. The molecule has 0 bridgehead atoms. The van der Waals surface area contributed by atoms with Crippen molar-refractivity contribution in [1.29, 1.82) is 0 Å². The summed E-state index contributed by atoms with van der Waals surface area (Å²) in [6.45, 7) is 6.96. The number of Topliss-reactive ketones (excluding diaryl/α,β-unsaturated/α-hetero) is 1. The molecule has 1 unspecified atom stereocenters. The lowest BCUT2D eigenvalue weighted by atomic mass is 9.95. The van der Waals surface area contributed by atoms with Crippen LogP contribution in [0.2, 0.25) is 0 Å². The summed E-state index contributed by atoms with van der Waals surface area (Å²) in [6.07, 6.45) is 1.65. The quantitative estimate of drug-likeness (QED) is 0.298. The lowest BCUT2D eigenvalue weighted by Gasteiger charge is -2.28. The van der Waals surface area contributed by atoms with E-state index in [0.717, 1.165) is 10.5 Å². The van der Waals surface area contributed by atoms with E-state index in [1.165, 1.54) is 4.90 Å². The molecule has 0 aliphatic carbocycles. The molecule has 162 valence electrons. The Morgan fingerprint density at radius 3 is 2.35 bits per heavy atom. The van der Waals surface area contributed by atoms with Gasteiger partial charge in [-0.15, -0.1) is 0 Å². The van der Waals surface area contributed by atoms with Crippen molar-refractivity contribution < 1.29 is 24.3 Å². The van der Waals surface area contributed by atoms with Crippen LogP contribution in [0.15, 0.2) is 66.8 Å². The molecule has 1 fully saturated rings. The van der Waals surface area contributed by atoms with Crippen LogP contribution >= 0.6 is 0 Å². The van der Waals surface area contributed by atoms with Crippen LogP contribution in [0.25, 0.3) is 5.76 Å². The number of rotatable bonds is 8. The summed E-state index contributed by atoms with van der Waals surface area (Å²) >= 11 is 0. The number of ether oxygens (including phenoxy) is 1. The van der Waals surface area contributed by atoms with Gasteiger partial charge in [-0.3, -0.25) is 9.59 Å². The van der Waals surface area contributed by atoms with Gasteiger partial charge in [0.15, 0.2) is 0 Å². The average Bonchev–Trinajstić information content (AvgIpc) is 3.01. The van der Waals surface area contributed by atoms with Crippen LogP contribution in [0.1, 0.15) is 22.7 Å². The predicted molar refractivity (Wildman–Crippen MR) is 117 cm³/mol. The average molecular weight is 421 g/mol. The van der Waals surface area contributed by atoms with Crippen LogP contribution in [0.4, 0.5) is 0 Å². The summed E-state index contributed by atoms with van der Waals surface area (Å²) in [5.74, 6) is -1.12. The molecule has 0 spiro atoms. The minimum atomic E-state index is -0.726. The maximum absolute atomic E-state index is 13.3. The lowest BCUT2D eigenvalue weighted by Crippen LogP contribution is -3.06. The second-order valence-electron chi connectivity index (χ2n) is 7.96. The molecule has 1 aliphatic heterocycles. The molecule has 1 atom stereocenters. The van der Waals surface area contributed by atoms with Crippen LogP contribution in [0, 0.1) is 6.92 Å². The van der Waals surface area contributed by atoms with E-state index < -0.39 is 23.5 Å². The number of carbonyl (C=O) groups is 2. The number of benzene rings is 2. The van der Waals surface area contributed by atoms with Crippen molar-refractivity contribution in [2.24, 2.45) is 0 Å². The van der Waals surface area contributed by atoms with E-state index in [2.05, 4.69) is 6.58 Å². The Hall–Kier alpha value is -3.38. The number of amides is 1. The number of likely N-dealkylation sites (tertiary alicyclic amines) is 1. The Bertz CT molecular complexity index is 991. The third-order valence-corrected chi connectivity index (χ3v) is 5.26. The fourth-order valence-corrected chi connectivity index (χ4v) is 3.55. The first kappa shape index (κ1) is 22.3. The van der Waals surface area contributed by atoms with Crippen molar-refractivity contribution in [3.05, 3.63) is 83.4 Å². The first-order chi connectivity index (χ1) is 14.8. The van der Waals surface area contributed by atoms with Crippen LogP contribution in [0.5, 0.6) is 5.75 Å². The first-order valence-electron chi connectivity index (χ1n) is 10.3. The van der Waals surface area contributed by atoms with Gasteiger partial charge in [-0.2, -0.15) is 0 Å². The summed E-state index contributed by atoms with van der Waals surface area (Å²) in [6, 6.07) is 13.5. The van der Waals surface area contributed by atoms with Crippen LogP contribution < -0.4 is 14.7 Å². The summed E-state index contributed by atoms with van der Waals surface area (Å²) in [7, 11) is 3.95. The smallest absolute Gasteiger partial charge is 0.295 e.